The summed E-state index contributed by atoms with van der Waals surface area (Å²) >= 11 is 0. The highest BCUT2D eigenvalue weighted by molar-refractivity contribution is 7.89. The van der Waals surface area contributed by atoms with Crippen LogP contribution in [0, 0.1) is 5.92 Å². The van der Waals surface area contributed by atoms with Crippen molar-refractivity contribution >= 4 is 15.8 Å². The number of carbonyl (C=O) groups is 1. The number of benzene rings is 1. The van der Waals surface area contributed by atoms with Gasteiger partial charge in [0.05, 0.1) is 17.6 Å². The molecule has 1 aliphatic carbocycles. The summed E-state index contributed by atoms with van der Waals surface area (Å²) in [6.07, 6.45) is 1.95. The Hall–Kier alpha value is -1.24. The van der Waals surface area contributed by atoms with E-state index in [2.05, 4.69) is 4.72 Å². The number of hydrogen-bond donors (Lipinski definition) is 1. The van der Waals surface area contributed by atoms with Crippen molar-refractivity contribution in [2.24, 2.45) is 5.92 Å². The molecular weight excluding hydrogens is 290 g/mol. The molecule has 1 aromatic rings. The second-order valence-electron chi connectivity index (χ2n) is 5.48. The Bertz CT molecular complexity index is 589. The van der Waals surface area contributed by atoms with E-state index in [4.69, 9.17) is 4.74 Å². The molecule has 0 spiro atoms. The highest BCUT2D eigenvalue weighted by atomic mass is 32.2. The summed E-state index contributed by atoms with van der Waals surface area (Å²) in [7, 11) is -3.55. The summed E-state index contributed by atoms with van der Waals surface area (Å²) in [5, 5.41) is 0. The van der Waals surface area contributed by atoms with Gasteiger partial charge in [-0.3, -0.25) is 4.79 Å². The van der Waals surface area contributed by atoms with Gasteiger partial charge in [-0.2, -0.15) is 0 Å². The van der Waals surface area contributed by atoms with Crippen molar-refractivity contribution in [1.29, 1.82) is 0 Å². The van der Waals surface area contributed by atoms with Gasteiger partial charge in [-0.25, -0.2) is 13.1 Å². The molecule has 116 valence electrons. The van der Waals surface area contributed by atoms with Crippen LogP contribution in [-0.2, 0) is 14.8 Å². The van der Waals surface area contributed by atoms with Crippen LogP contribution < -0.4 is 4.72 Å². The number of hydrogen-bond acceptors (Lipinski definition) is 4. The lowest BCUT2D eigenvalue weighted by molar-refractivity contribution is 0.0834. The van der Waals surface area contributed by atoms with E-state index in [0.717, 1.165) is 12.8 Å². The highest BCUT2D eigenvalue weighted by Crippen LogP contribution is 2.32. The van der Waals surface area contributed by atoms with E-state index in [1.54, 1.807) is 12.1 Å². The fraction of sp³-hybridized carbons (Fsp3) is 0.533. The molecule has 0 aliphatic heterocycles. The van der Waals surface area contributed by atoms with Crippen LogP contribution in [0.4, 0.5) is 0 Å². The van der Waals surface area contributed by atoms with Gasteiger partial charge in [0.1, 0.15) is 0 Å². The summed E-state index contributed by atoms with van der Waals surface area (Å²) in [4.78, 5) is 12.0. The smallest absolute Gasteiger partial charge is 0.240 e. The zero-order chi connectivity index (χ0) is 15.5. The lowest BCUT2D eigenvalue weighted by Gasteiger charge is -2.09. The Kier molecular flexibility index (Phi) is 5.13. The van der Waals surface area contributed by atoms with Gasteiger partial charge >= 0.3 is 0 Å². The fourth-order valence-corrected chi connectivity index (χ4v) is 2.95. The van der Waals surface area contributed by atoms with Gasteiger partial charge in [0.15, 0.2) is 5.78 Å². The van der Waals surface area contributed by atoms with Gasteiger partial charge in [0.25, 0.3) is 0 Å². The molecule has 1 fully saturated rings. The summed E-state index contributed by atoms with van der Waals surface area (Å²) in [6, 6.07) is 6.11. The van der Waals surface area contributed by atoms with Crippen LogP contribution in [0.3, 0.4) is 0 Å². The number of ether oxygens (including phenoxy) is 1. The molecule has 5 nitrogen and oxygen atoms in total. The molecule has 1 saturated carbocycles. The summed E-state index contributed by atoms with van der Waals surface area (Å²) in [5.41, 5.74) is 0.583. The average molecular weight is 311 g/mol. The molecule has 0 unspecified atom stereocenters. The molecule has 1 aromatic carbocycles. The predicted octanol–water partition coefficient (Wildman–Crippen LogP) is 1.98. The number of ketones is 1. The fourth-order valence-electron chi connectivity index (χ4n) is 1.93. The predicted molar refractivity (Wildman–Crippen MR) is 79.8 cm³/mol. The first kappa shape index (κ1) is 16.1. The molecular formula is C15H21NO4S. The van der Waals surface area contributed by atoms with Gasteiger partial charge in [-0.05, 0) is 38.8 Å². The van der Waals surface area contributed by atoms with Crippen LogP contribution in [0.15, 0.2) is 29.2 Å². The third-order valence-corrected chi connectivity index (χ3v) is 4.72. The van der Waals surface area contributed by atoms with E-state index in [-0.39, 0.29) is 29.2 Å². The first-order valence-corrected chi connectivity index (χ1v) is 8.64. The van der Waals surface area contributed by atoms with Crippen LogP contribution in [0.5, 0.6) is 0 Å². The molecule has 2 rings (SSSR count). The molecule has 0 aromatic heterocycles. The molecule has 0 heterocycles. The zero-order valence-electron chi connectivity index (χ0n) is 12.3. The second kappa shape index (κ2) is 6.68. The third kappa shape index (κ3) is 4.62. The zero-order valence-corrected chi connectivity index (χ0v) is 13.2. The van der Waals surface area contributed by atoms with Crippen LogP contribution in [0.1, 0.15) is 37.0 Å². The van der Waals surface area contributed by atoms with E-state index in [0.29, 0.717) is 12.2 Å². The maximum Gasteiger partial charge on any atom is 0.240 e. The Balaban J connectivity index is 1.94. The topological polar surface area (TPSA) is 72.5 Å². The number of carbonyl (C=O) groups excluding carboxylic acids is 1. The van der Waals surface area contributed by atoms with Gasteiger partial charge in [-0.1, -0.05) is 12.1 Å². The minimum Gasteiger partial charge on any atom is -0.377 e. The van der Waals surface area contributed by atoms with Gasteiger partial charge in [0.2, 0.25) is 10.0 Å². The lowest BCUT2D eigenvalue weighted by atomic mass is 10.1. The first-order chi connectivity index (χ1) is 9.90. The van der Waals surface area contributed by atoms with Crippen molar-refractivity contribution in [1.82, 2.24) is 4.72 Å². The van der Waals surface area contributed by atoms with Gasteiger partial charge in [0, 0.05) is 18.0 Å². The minimum atomic E-state index is -3.55. The van der Waals surface area contributed by atoms with Gasteiger partial charge < -0.3 is 4.74 Å². The highest BCUT2D eigenvalue weighted by Gasteiger charge is 2.30. The summed E-state index contributed by atoms with van der Waals surface area (Å²) < 4.78 is 31.9. The van der Waals surface area contributed by atoms with Crippen molar-refractivity contribution < 1.29 is 17.9 Å². The number of Topliss-reactive ketones (excluding diaryl/α,β-unsaturated/α-hetero) is 1. The number of nitrogens with one attached hydrogen (secondary N) is 1. The monoisotopic (exact) mass is 311 g/mol. The molecule has 1 aliphatic rings. The van der Waals surface area contributed by atoms with Crippen LogP contribution in [-0.4, -0.2) is 33.5 Å². The van der Waals surface area contributed by atoms with E-state index in [1.165, 1.54) is 12.1 Å². The van der Waals surface area contributed by atoms with E-state index < -0.39 is 10.0 Å². The third-order valence-electron chi connectivity index (χ3n) is 3.24. The maximum atomic E-state index is 12.1. The average Bonchev–Trinajstić information content (AvgIpc) is 3.27. The quantitative estimate of drug-likeness (QED) is 0.588. The lowest BCUT2D eigenvalue weighted by Crippen LogP contribution is -2.28. The molecule has 1 N–H and O–H groups in total. The van der Waals surface area contributed by atoms with Crippen LogP contribution in [0.25, 0.3) is 0 Å². The van der Waals surface area contributed by atoms with Gasteiger partial charge in [-0.15, -0.1) is 0 Å². The molecule has 0 radical (unpaired) electrons. The molecule has 0 atom stereocenters. The SMILES string of the molecule is CC(C)OCCNS(=O)(=O)c1ccc(C(=O)C2CC2)cc1. The van der Waals surface area contributed by atoms with Crippen molar-refractivity contribution in [3.63, 3.8) is 0 Å². The minimum absolute atomic E-state index is 0.0715. The largest absolute Gasteiger partial charge is 0.377 e. The Morgan fingerprint density at radius 1 is 1.29 bits per heavy atom. The normalized spacial score (nSPS) is 15.4. The van der Waals surface area contributed by atoms with Crippen molar-refractivity contribution in [2.75, 3.05) is 13.2 Å². The molecule has 0 amide bonds. The Labute approximate surface area is 125 Å². The molecule has 0 saturated heterocycles. The van der Waals surface area contributed by atoms with E-state index in [9.17, 15) is 13.2 Å². The summed E-state index contributed by atoms with van der Waals surface area (Å²) in [5.74, 6) is 0.246. The molecule has 21 heavy (non-hydrogen) atoms. The standard InChI is InChI=1S/C15H21NO4S/c1-11(2)20-10-9-16-21(18,19)14-7-5-13(6-8-14)15(17)12-3-4-12/h5-8,11-12,16H,3-4,9-10H2,1-2H3. The first-order valence-electron chi connectivity index (χ1n) is 7.15. The van der Waals surface area contributed by atoms with Crippen LogP contribution >= 0.6 is 0 Å². The summed E-state index contributed by atoms with van der Waals surface area (Å²) in [6.45, 7) is 4.34. The van der Waals surface area contributed by atoms with Crippen molar-refractivity contribution in [3.8, 4) is 0 Å². The van der Waals surface area contributed by atoms with Crippen LogP contribution in [0.2, 0.25) is 0 Å². The van der Waals surface area contributed by atoms with Crippen molar-refractivity contribution in [3.05, 3.63) is 29.8 Å². The van der Waals surface area contributed by atoms with E-state index in [1.807, 2.05) is 13.8 Å². The molecule has 6 heteroatoms. The maximum absolute atomic E-state index is 12.1. The Morgan fingerprint density at radius 3 is 2.43 bits per heavy atom. The Morgan fingerprint density at radius 2 is 1.90 bits per heavy atom. The van der Waals surface area contributed by atoms with E-state index >= 15 is 0 Å². The number of rotatable bonds is 8. The second-order valence-corrected chi connectivity index (χ2v) is 7.25. The number of sulfonamides is 1. The van der Waals surface area contributed by atoms with Crippen molar-refractivity contribution in [2.45, 2.75) is 37.7 Å². The molecule has 0 bridgehead atoms.